The molecule has 0 radical (unpaired) electrons. The number of hydrogen-bond donors (Lipinski definition) is 0. The second-order valence-corrected chi connectivity index (χ2v) is 8.60. The molecule has 4 heteroatoms. The van der Waals surface area contributed by atoms with Crippen molar-refractivity contribution in [2.75, 3.05) is 13.1 Å². The molecule has 0 bridgehead atoms. The summed E-state index contributed by atoms with van der Waals surface area (Å²) in [7, 11) is 0. The first-order chi connectivity index (χ1) is 12.5. The quantitative estimate of drug-likeness (QED) is 0.775. The number of carbonyl (C=O) groups is 2. The van der Waals surface area contributed by atoms with Crippen LogP contribution >= 0.6 is 0 Å². The van der Waals surface area contributed by atoms with Crippen LogP contribution in [0.5, 0.6) is 0 Å². The Morgan fingerprint density at radius 2 is 1.69 bits per heavy atom. The van der Waals surface area contributed by atoms with Gasteiger partial charge in [-0.15, -0.1) is 0 Å². The predicted octanol–water partition coefficient (Wildman–Crippen LogP) is 3.78. The van der Waals surface area contributed by atoms with Gasteiger partial charge in [-0.25, -0.2) is 0 Å². The normalized spacial score (nSPS) is 25.8. The van der Waals surface area contributed by atoms with E-state index >= 15 is 0 Å². The fourth-order valence-electron chi connectivity index (χ4n) is 5.41. The van der Waals surface area contributed by atoms with Crippen LogP contribution in [0.15, 0.2) is 30.3 Å². The highest BCUT2D eigenvalue weighted by molar-refractivity contribution is 5.91. The summed E-state index contributed by atoms with van der Waals surface area (Å²) in [6.07, 6.45) is 6.22. The number of carbonyl (C=O) groups excluding carboxylic acids is 2. The summed E-state index contributed by atoms with van der Waals surface area (Å²) in [4.78, 5) is 29.7. The smallest absolute Gasteiger partial charge is 0.232 e. The van der Waals surface area contributed by atoms with Crippen LogP contribution in [0.1, 0.15) is 64.0 Å². The fourth-order valence-corrected chi connectivity index (χ4v) is 5.41. The topological polar surface area (TPSA) is 40.6 Å². The van der Waals surface area contributed by atoms with Gasteiger partial charge in [-0.3, -0.25) is 9.59 Å². The second kappa shape index (κ2) is 6.71. The Bertz CT molecular complexity index is 671. The van der Waals surface area contributed by atoms with Crippen LogP contribution in [0.2, 0.25) is 0 Å². The molecule has 2 amide bonds. The lowest BCUT2D eigenvalue weighted by molar-refractivity contribution is -0.181. The number of likely N-dealkylation sites (tertiary alicyclic amines) is 2. The highest BCUT2D eigenvalue weighted by Crippen LogP contribution is 2.60. The van der Waals surface area contributed by atoms with E-state index < -0.39 is 0 Å². The maximum Gasteiger partial charge on any atom is 0.232 e. The number of hydrogen-bond acceptors (Lipinski definition) is 2. The monoisotopic (exact) mass is 354 g/mol. The number of benzene rings is 1. The molecule has 0 N–H and O–H groups in total. The van der Waals surface area contributed by atoms with Crippen LogP contribution in [-0.4, -0.2) is 40.7 Å². The maximum atomic E-state index is 13.2. The van der Waals surface area contributed by atoms with Crippen molar-refractivity contribution in [3.8, 4) is 0 Å². The van der Waals surface area contributed by atoms with Gasteiger partial charge in [-0.1, -0.05) is 57.0 Å². The molecule has 1 unspecified atom stereocenters. The van der Waals surface area contributed by atoms with Crippen LogP contribution in [-0.2, 0) is 9.59 Å². The number of β-lactam (4-membered cyclic amide) rings is 1. The van der Waals surface area contributed by atoms with Gasteiger partial charge >= 0.3 is 0 Å². The zero-order valence-corrected chi connectivity index (χ0v) is 16.0. The Morgan fingerprint density at radius 3 is 2.27 bits per heavy atom. The van der Waals surface area contributed by atoms with Gasteiger partial charge in [0.05, 0.1) is 11.5 Å². The molecule has 4 nitrogen and oxygen atoms in total. The van der Waals surface area contributed by atoms with Crippen LogP contribution in [0.25, 0.3) is 0 Å². The van der Waals surface area contributed by atoms with Gasteiger partial charge in [-0.2, -0.15) is 0 Å². The lowest BCUT2D eigenvalue weighted by atomic mass is 9.65. The summed E-state index contributed by atoms with van der Waals surface area (Å²) in [5.74, 6) is 0.666. The SMILES string of the molecule is CC(C)C(=O)N1CCC(N2C(=O)C3(CCCC3)C2c2ccccc2)CC1. The molecular formula is C22H30N2O2. The van der Waals surface area contributed by atoms with E-state index in [1.165, 1.54) is 18.4 Å². The largest absolute Gasteiger partial charge is 0.342 e. The van der Waals surface area contributed by atoms with Crippen molar-refractivity contribution in [2.24, 2.45) is 11.3 Å². The highest BCUT2D eigenvalue weighted by Gasteiger charge is 2.63. The van der Waals surface area contributed by atoms with E-state index in [4.69, 9.17) is 0 Å². The van der Waals surface area contributed by atoms with Crippen molar-refractivity contribution in [3.63, 3.8) is 0 Å². The van der Waals surface area contributed by atoms with E-state index in [9.17, 15) is 9.59 Å². The predicted molar refractivity (Wildman–Crippen MR) is 101 cm³/mol. The van der Waals surface area contributed by atoms with E-state index in [2.05, 4.69) is 29.2 Å². The molecular weight excluding hydrogens is 324 g/mol. The zero-order valence-electron chi connectivity index (χ0n) is 16.0. The van der Waals surface area contributed by atoms with Crippen LogP contribution in [0.4, 0.5) is 0 Å². The minimum atomic E-state index is -0.147. The minimum Gasteiger partial charge on any atom is -0.342 e. The van der Waals surface area contributed by atoms with Crippen molar-refractivity contribution in [3.05, 3.63) is 35.9 Å². The molecule has 140 valence electrons. The number of amides is 2. The summed E-state index contributed by atoms with van der Waals surface area (Å²) in [5.41, 5.74) is 1.14. The molecule has 2 aliphatic heterocycles. The van der Waals surface area contributed by atoms with E-state index in [1.54, 1.807) is 0 Å². The highest BCUT2D eigenvalue weighted by atomic mass is 16.2. The first kappa shape index (κ1) is 17.6. The Morgan fingerprint density at radius 1 is 1.08 bits per heavy atom. The molecule has 1 saturated carbocycles. The Labute approximate surface area is 156 Å². The van der Waals surface area contributed by atoms with Gasteiger partial charge in [0.2, 0.25) is 11.8 Å². The zero-order chi connectivity index (χ0) is 18.3. The van der Waals surface area contributed by atoms with Gasteiger partial charge in [-0.05, 0) is 31.2 Å². The first-order valence-electron chi connectivity index (χ1n) is 10.2. The lowest BCUT2D eigenvalue weighted by Gasteiger charge is -2.59. The molecule has 1 aliphatic carbocycles. The molecule has 0 aromatic heterocycles. The Balaban J connectivity index is 1.53. The van der Waals surface area contributed by atoms with Crippen LogP contribution in [0, 0.1) is 11.3 Å². The summed E-state index contributed by atoms with van der Waals surface area (Å²) in [6.45, 7) is 5.48. The Hall–Kier alpha value is -1.84. The second-order valence-electron chi connectivity index (χ2n) is 8.60. The number of piperidine rings is 1. The third-order valence-corrected chi connectivity index (χ3v) is 6.74. The third-order valence-electron chi connectivity index (χ3n) is 6.74. The van der Waals surface area contributed by atoms with Gasteiger partial charge in [0.25, 0.3) is 0 Å². The molecule has 26 heavy (non-hydrogen) atoms. The van der Waals surface area contributed by atoms with Gasteiger partial charge in [0, 0.05) is 25.0 Å². The number of nitrogens with zero attached hydrogens (tertiary/aromatic N) is 2. The van der Waals surface area contributed by atoms with Crippen molar-refractivity contribution in [1.29, 1.82) is 0 Å². The Kier molecular flexibility index (Phi) is 4.54. The van der Waals surface area contributed by atoms with E-state index in [0.717, 1.165) is 38.8 Å². The molecule has 1 spiro atoms. The molecule has 3 fully saturated rings. The lowest BCUT2D eigenvalue weighted by Crippen LogP contribution is -2.66. The standard InChI is InChI=1S/C22H30N2O2/c1-16(2)20(25)23-14-10-18(11-15-23)24-19(17-8-4-3-5-9-17)22(21(24)26)12-6-7-13-22/h3-5,8-9,16,18-19H,6-7,10-15H2,1-2H3. The van der Waals surface area contributed by atoms with Crippen LogP contribution in [0.3, 0.4) is 0 Å². The molecule has 2 saturated heterocycles. The van der Waals surface area contributed by atoms with Gasteiger partial charge in [0.1, 0.15) is 0 Å². The summed E-state index contributed by atoms with van der Waals surface area (Å²) >= 11 is 0. The van der Waals surface area contributed by atoms with E-state index in [-0.39, 0.29) is 29.3 Å². The maximum absolute atomic E-state index is 13.2. The molecule has 1 aromatic carbocycles. The average Bonchev–Trinajstić information content (AvgIpc) is 3.18. The molecule has 2 heterocycles. The van der Waals surface area contributed by atoms with Crippen molar-refractivity contribution in [2.45, 2.75) is 64.5 Å². The minimum absolute atomic E-state index is 0.0519. The summed E-state index contributed by atoms with van der Waals surface area (Å²) in [5, 5.41) is 0. The summed E-state index contributed by atoms with van der Waals surface area (Å²) < 4.78 is 0. The van der Waals surface area contributed by atoms with E-state index in [0.29, 0.717) is 5.91 Å². The van der Waals surface area contributed by atoms with Crippen molar-refractivity contribution in [1.82, 2.24) is 9.80 Å². The fraction of sp³-hybridized carbons (Fsp3) is 0.636. The molecule has 3 aliphatic rings. The van der Waals surface area contributed by atoms with Gasteiger partial charge < -0.3 is 9.80 Å². The first-order valence-corrected chi connectivity index (χ1v) is 10.2. The van der Waals surface area contributed by atoms with Crippen LogP contribution < -0.4 is 0 Å². The average molecular weight is 354 g/mol. The third kappa shape index (κ3) is 2.65. The molecule has 4 rings (SSSR count). The molecule has 1 atom stereocenters. The van der Waals surface area contributed by atoms with Crippen molar-refractivity contribution < 1.29 is 9.59 Å². The number of rotatable bonds is 3. The van der Waals surface area contributed by atoms with E-state index in [1.807, 2.05) is 24.8 Å². The van der Waals surface area contributed by atoms with Crippen molar-refractivity contribution >= 4 is 11.8 Å². The summed E-state index contributed by atoms with van der Waals surface area (Å²) in [6, 6.07) is 11.1. The van der Waals surface area contributed by atoms with Gasteiger partial charge in [0.15, 0.2) is 0 Å². The molecule has 1 aromatic rings.